The van der Waals surface area contributed by atoms with Crippen molar-refractivity contribution >= 4 is 17.5 Å². The van der Waals surface area contributed by atoms with Crippen LogP contribution in [0.15, 0.2) is 48.5 Å². The summed E-state index contributed by atoms with van der Waals surface area (Å²) < 4.78 is 5.89. The summed E-state index contributed by atoms with van der Waals surface area (Å²) in [4.78, 5) is 14.9. The highest BCUT2D eigenvalue weighted by Gasteiger charge is 2.31. The molecular weight excluding hydrogens is 372 g/mol. The molecule has 0 radical (unpaired) electrons. The van der Waals surface area contributed by atoms with Gasteiger partial charge in [-0.2, -0.15) is 0 Å². The van der Waals surface area contributed by atoms with E-state index in [2.05, 4.69) is 10.2 Å². The maximum Gasteiger partial charge on any atom is 0.226 e. The van der Waals surface area contributed by atoms with Crippen molar-refractivity contribution in [2.45, 2.75) is 25.9 Å². The van der Waals surface area contributed by atoms with Crippen molar-refractivity contribution in [3.8, 4) is 5.75 Å². The first kappa shape index (κ1) is 19.3. The van der Waals surface area contributed by atoms with E-state index in [1.165, 1.54) is 0 Å². The maximum atomic E-state index is 12.8. The van der Waals surface area contributed by atoms with E-state index >= 15 is 0 Å². The number of rotatable bonds is 5. The van der Waals surface area contributed by atoms with Gasteiger partial charge in [0.2, 0.25) is 5.91 Å². The van der Waals surface area contributed by atoms with E-state index in [1.807, 2.05) is 48.5 Å². The normalized spacial score (nSPS) is 21.8. The van der Waals surface area contributed by atoms with Crippen LogP contribution in [-0.4, -0.2) is 37.0 Å². The SMILES string of the molecule is O=C(Cc1cccc(OCc2ccc(Cl)cc2)c1)N1CC[C@@H]2CNC[C@@H]2CC1. The Morgan fingerprint density at radius 3 is 2.46 bits per heavy atom. The lowest BCUT2D eigenvalue weighted by Gasteiger charge is -2.21. The van der Waals surface area contributed by atoms with Gasteiger partial charge in [-0.15, -0.1) is 0 Å². The van der Waals surface area contributed by atoms with E-state index < -0.39 is 0 Å². The summed E-state index contributed by atoms with van der Waals surface area (Å²) in [5.41, 5.74) is 2.07. The molecule has 2 fully saturated rings. The van der Waals surface area contributed by atoms with Crippen molar-refractivity contribution < 1.29 is 9.53 Å². The lowest BCUT2D eigenvalue weighted by atomic mass is 9.92. The first-order chi connectivity index (χ1) is 13.7. The van der Waals surface area contributed by atoms with Gasteiger partial charge in [-0.05, 0) is 73.2 Å². The van der Waals surface area contributed by atoms with E-state index in [0.717, 1.165) is 72.8 Å². The molecule has 0 bridgehead atoms. The number of halogens is 1. The summed E-state index contributed by atoms with van der Waals surface area (Å²) in [6, 6.07) is 15.5. The summed E-state index contributed by atoms with van der Waals surface area (Å²) in [7, 11) is 0. The topological polar surface area (TPSA) is 41.6 Å². The largest absolute Gasteiger partial charge is 0.489 e. The molecule has 0 spiro atoms. The number of carbonyl (C=O) groups excluding carboxylic acids is 1. The zero-order chi connectivity index (χ0) is 19.3. The fourth-order valence-electron chi connectivity index (χ4n) is 4.25. The van der Waals surface area contributed by atoms with Crippen LogP contribution >= 0.6 is 11.6 Å². The summed E-state index contributed by atoms with van der Waals surface area (Å²) in [5, 5.41) is 4.20. The van der Waals surface area contributed by atoms with Crippen LogP contribution < -0.4 is 10.1 Å². The molecule has 2 aliphatic heterocycles. The zero-order valence-corrected chi connectivity index (χ0v) is 16.8. The van der Waals surface area contributed by atoms with E-state index in [9.17, 15) is 4.79 Å². The molecular formula is C23H27ClN2O2. The number of ether oxygens (including phenoxy) is 1. The van der Waals surface area contributed by atoms with Gasteiger partial charge in [0.05, 0.1) is 6.42 Å². The molecule has 5 heteroatoms. The number of hydrogen-bond acceptors (Lipinski definition) is 3. The number of carbonyl (C=O) groups is 1. The molecule has 1 N–H and O–H groups in total. The standard InChI is InChI=1S/C23H27ClN2O2/c24-21-6-4-17(5-7-21)16-28-22-3-1-2-18(12-22)13-23(27)26-10-8-19-14-25-15-20(19)9-11-26/h1-7,12,19-20,25H,8-11,13-16H2/t19-,20+. The Kier molecular flexibility index (Phi) is 6.18. The fraction of sp³-hybridized carbons (Fsp3) is 0.435. The van der Waals surface area contributed by atoms with Crippen molar-refractivity contribution in [3.63, 3.8) is 0 Å². The first-order valence-electron chi connectivity index (χ1n) is 10.1. The molecule has 0 aliphatic carbocycles. The molecule has 2 atom stereocenters. The molecule has 0 saturated carbocycles. The quantitative estimate of drug-likeness (QED) is 0.829. The number of benzene rings is 2. The maximum absolute atomic E-state index is 12.8. The third-order valence-corrected chi connectivity index (χ3v) is 6.20. The van der Waals surface area contributed by atoms with Gasteiger partial charge in [0.15, 0.2) is 0 Å². The molecule has 0 aromatic heterocycles. The van der Waals surface area contributed by atoms with Gasteiger partial charge in [-0.25, -0.2) is 0 Å². The predicted molar refractivity (Wildman–Crippen MR) is 112 cm³/mol. The molecule has 4 nitrogen and oxygen atoms in total. The van der Waals surface area contributed by atoms with Crippen LogP contribution in [0.25, 0.3) is 0 Å². The number of nitrogens with zero attached hydrogens (tertiary/aromatic N) is 1. The Morgan fingerprint density at radius 2 is 1.75 bits per heavy atom. The fourth-order valence-corrected chi connectivity index (χ4v) is 4.37. The predicted octanol–water partition coefficient (Wildman–Crippen LogP) is 3.92. The number of hydrogen-bond donors (Lipinski definition) is 1. The van der Waals surface area contributed by atoms with Crippen LogP contribution in [-0.2, 0) is 17.8 Å². The van der Waals surface area contributed by atoms with Crippen LogP contribution in [0.3, 0.4) is 0 Å². The van der Waals surface area contributed by atoms with Gasteiger partial charge in [-0.3, -0.25) is 4.79 Å². The Balaban J connectivity index is 1.32. The van der Waals surface area contributed by atoms with Crippen molar-refractivity contribution in [1.82, 2.24) is 10.2 Å². The van der Waals surface area contributed by atoms with Crippen molar-refractivity contribution in [2.75, 3.05) is 26.2 Å². The molecule has 2 saturated heterocycles. The minimum atomic E-state index is 0.225. The van der Waals surface area contributed by atoms with Crippen LogP contribution in [0.1, 0.15) is 24.0 Å². The van der Waals surface area contributed by atoms with Crippen LogP contribution in [0.5, 0.6) is 5.75 Å². The molecule has 4 rings (SSSR count). The Labute approximate surface area is 171 Å². The monoisotopic (exact) mass is 398 g/mol. The van der Waals surface area contributed by atoms with Gasteiger partial charge < -0.3 is 15.0 Å². The molecule has 2 aromatic rings. The number of fused-ring (bicyclic) bond motifs is 1. The summed E-state index contributed by atoms with van der Waals surface area (Å²) in [6.45, 7) is 4.47. The zero-order valence-electron chi connectivity index (χ0n) is 16.1. The van der Waals surface area contributed by atoms with Gasteiger partial charge in [0.25, 0.3) is 0 Å². The summed E-state index contributed by atoms with van der Waals surface area (Å²) in [6.07, 6.45) is 2.67. The Morgan fingerprint density at radius 1 is 1.04 bits per heavy atom. The smallest absolute Gasteiger partial charge is 0.226 e. The lowest BCUT2D eigenvalue weighted by molar-refractivity contribution is -0.130. The average molecular weight is 399 g/mol. The van der Waals surface area contributed by atoms with Gasteiger partial charge in [0, 0.05) is 18.1 Å². The number of likely N-dealkylation sites (tertiary alicyclic amines) is 1. The third kappa shape index (κ3) is 4.86. The van der Waals surface area contributed by atoms with Crippen molar-refractivity contribution in [1.29, 1.82) is 0 Å². The van der Waals surface area contributed by atoms with Crippen LogP contribution in [0.4, 0.5) is 0 Å². The second-order valence-corrected chi connectivity index (χ2v) is 8.31. The molecule has 2 aromatic carbocycles. The Hall–Kier alpha value is -2.04. The minimum absolute atomic E-state index is 0.225. The second kappa shape index (κ2) is 8.97. The molecule has 0 unspecified atom stereocenters. The lowest BCUT2D eigenvalue weighted by Crippen LogP contribution is -2.33. The van der Waals surface area contributed by atoms with E-state index in [0.29, 0.717) is 13.0 Å². The van der Waals surface area contributed by atoms with Crippen LogP contribution in [0.2, 0.25) is 5.02 Å². The second-order valence-electron chi connectivity index (χ2n) is 7.88. The van der Waals surface area contributed by atoms with E-state index in [1.54, 1.807) is 0 Å². The summed E-state index contributed by atoms with van der Waals surface area (Å²) in [5.74, 6) is 2.49. The first-order valence-corrected chi connectivity index (χ1v) is 10.5. The van der Waals surface area contributed by atoms with Gasteiger partial charge in [0.1, 0.15) is 12.4 Å². The molecule has 2 heterocycles. The molecule has 148 valence electrons. The van der Waals surface area contributed by atoms with Gasteiger partial charge >= 0.3 is 0 Å². The van der Waals surface area contributed by atoms with Crippen molar-refractivity contribution in [2.24, 2.45) is 11.8 Å². The molecule has 2 aliphatic rings. The minimum Gasteiger partial charge on any atom is -0.489 e. The highest BCUT2D eigenvalue weighted by Crippen LogP contribution is 2.27. The third-order valence-electron chi connectivity index (χ3n) is 5.94. The average Bonchev–Trinajstić information content (AvgIpc) is 3.06. The van der Waals surface area contributed by atoms with Gasteiger partial charge in [-0.1, -0.05) is 35.9 Å². The van der Waals surface area contributed by atoms with E-state index in [-0.39, 0.29) is 5.91 Å². The molecule has 1 amide bonds. The highest BCUT2D eigenvalue weighted by molar-refractivity contribution is 6.30. The van der Waals surface area contributed by atoms with Crippen LogP contribution in [0, 0.1) is 11.8 Å². The number of amides is 1. The molecule has 28 heavy (non-hydrogen) atoms. The van der Waals surface area contributed by atoms with E-state index in [4.69, 9.17) is 16.3 Å². The summed E-state index contributed by atoms with van der Waals surface area (Å²) >= 11 is 5.92. The van der Waals surface area contributed by atoms with Crippen molar-refractivity contribution in [3.05, 3.63) is 64.7 Å². The highest BCUT2D eigenvalue weighted by atomic mass is 35.5. The number of nitrogens with one attached hydrogen (secondary N) is 1. The Bertz CT molecular complexity index is 795.